The molecule has 0 amide bonds. The molecular formula is C15H26N2. The predicted molar refractivity (Wildman–Crippen MR) is 75.0 cm³/mol. The van der Waals surface area contributed by atoms with Crippen molar-refractivity contribution in [3.05, 3.63) is 35.4 Å². The molecular weight excluding hydrogens is 208 g/mol. The van der Waals surface area contributed by atoms with Crippen molar-refractivity contribution >= 4 is 0 Å². The fourth-order valence-corrected chi connectivity index (χ4v) is 1.72. The summed E-state index contributed by atoms with van der Waals surface area (Å²) in [6.07, 6.45) is 1.17. The average Bonchev–Trinajstić information content (AvgIpc) is 2.32. The van der Waals surface area contributed by atoms with Crippen molar-refractivity contribution in [1.29, 1.82) is 0 Å². The molecule has 0 aliphatic heterocycles. The highest BCUT2D eigenvalue weighted by Crippen LogP contribution is 2.19. The van der Waals surface area contributed by atoms with Gasteiger partial charge >= 0.3 is 0 Å². The minimum atomic E-state index is 0.268. The summed E-state index contributed by atoms with van der Waals surface area (Å²) in [4.78, 5) is 2.42. The number of hydrogen-bond donors (Lipinski definition) is 1. The molecule has 1 aromatic rings. The van der Waals surface area contributed by atoms with Gasteiger partial charge in [0.15, 0.2) is 0 Å². The summed E-state index contributed by atoms with van der Waals surface area (Å²) in [5, 5.41) is 3.17. The number of nitrogens with one attached hydrogen (secondary N) is 1. The Morgan fingerprint density at radius 1 is 1.12 bits per heavy atom. The SMILES string of the molecule is CCC(C)(C)N(C)Cc1ccc(CNC)cc1. The lowest BCUT2D eigenvalue weighted by atomic mass is 9.99. The molecule has 0 bridgehead atoms. The zero-order valence-corrected chi connectivity index (χ0v) is 11.9. The standard InChI is InChI=1S/C15H26N2/c1-6-15(2,3)17(5)12-14-9-7-13(8-10-14)11-16-4/h7-10,16H,6,11-12H2,1-5H3. The second-order valence-electron chi connectivity index (χ2n) is 5.37. The Bertz CT molecular complexity index is 327. The highest BCUT2D eigenvalue weighted by Gasteiger charge is 2.20. The number of benzene rings is 1. The Kier molecular flexibility index (Phi) is 5.16. The van der Waals surface area contributed by atoms with Crippen LogP contribution >= 0.6 is 0 Å². The molecule has 0 heterocycles. The van der Waals surface area contributed by atoms with Gasteiger partial charge in [0, 0.05) is 18.6 Å². The third-order valence-corrected chi connectivity index (χ3v) is 3.72. The van der Waals surface area contributed by atoms with Gasteiger partial charge in [0.25, 0.3) is 0 Å². The smallest absolute Gasteiger partial charge is 0.0235 e. The molecule has 0 saturated carbocycles. The maximum Gasteiger partial charge on any atom is 0.0235 e. The van der Waals surface area contributed by atoms with E-state index < -0.39 is 0 Å². The molecule has 0 aliphatic carbocycles. The zero-order chi connectivity index (χ0) is 12.9. The predicted octanol–water partition coefficient (Wildman–Crippen LogP) is 3.03. The van der Waals surface area contributed by atoms with Gasteiger partial charge in [0.2, 0.25) is 0 Å². The van der Waals surface area contributed by atoms with Gasteiger partial charge in [-0.1, -0.05) is 31.2 Å². The van der Waals surface area contributed by atoms with Crippen LogP contribution in [-0.4, -0.2) is 24.5 Å². The van der Waals surface area contributed by atoms with Crippen LogP contribution in [0.2, 0.25) is 0 Å². The lowest BCUT2D eigenvalue weighted by Gasteiger charge is -2.34. The Hall–Kier alpha value is -0.860. The van der Waals surface area contributed by atoms with Crippen LogP contribution in [0.3, 0.4) is 0 Å². The van der Waals surface area contributed by atoms with E-state index in [0.29, 0.717) is 0 Å². The van der Waals surface area contributed by atoms with Crippen LogP contribution in [-0.2, 0) is 13.1 Å². The topological polar surface area (TPSA) is 15.3 Å². The quantitative estimate of drug-likeness (QED) is 0.814. The molecule has 0 atom stereocenters. The van der Waals surface area contributed by atoms with E-state index in [2.05, 4.69) is 62.3 Å². The van der Waals surface area contributed by atoms with Crippen molar-refractivity contribution in [2.75, 3.05) is 14.1 Å². The van der Waals surface area contributed by atoms with E-state index in [9.17, 15) is 0 Å². The molecule has 0 fully saturated rings. The molecule has 0 spiro atoms. The van der Waals surface area contributed by atoms with Gasteiger partial charge in [-0.15, -0.1) is 0 Å². The zero-order valence-electron chi connectivity index (χ0n) is 11.9. The second kappa shape index (κ2) is 6.18. The third kappa shape index (κ3) is 4.14. The van der Waals surface area contributed by atoms with Crippen molar-refractivity contribution in [2.45, 2.75) is 45.8 Å². The molecule has 96 valence electrons. The first-order chi connectivity index (χ1) is 7.99. The van der Waals surface area contributed by atoms with E-state index in [0.717, 1.165) is 13.1 Å². The van der Waals surface area contributed by atoms with Gasteiger partial charge in [-0.2, -0.15) is 0 Å². The summed E-state index contributed by atoms with van der Waals surface area (Å²) in [5.74, 6) is 0. The van der Waals surface area contributed by atoms with Gasteiger partial charge in [-0.05, 0) is 45.5 Å². The van der Waals surface area contributed by atoms with Crippen molar-refractivity contribution in [2.24, 2.45) is 0 Å². The van der Waals surface area contributed by atoms with Crippen LogP contribution < -0.4 is 5.32 Å². The van der Waals surface area contributed by atoms with Crippen LogP contribution in [0, 0.1) is 0 Å². The fourth-order valence-electron chi connectivity index (χ4n) is 1.72. The van der Waals surface area contributed by atoms with Crippen LogP contribution in [0.25, 0.3) is 0 Å². The highest BCUT2D eigenvalue weighted by atomic mass is 15.2. The summed E-state index contributed by atoms with van der Waals surface area (Å²) < 4.78 is 0. The first-order valence-corrected chi connectivity index (χ1v) is 6.43. The van der Waals surface area contributed by atoms with Crippen molar-refractivity contribution in [3.8, 4) is 0 Å². The van der Waals surface area contributed by atoms with Gasteiger partial charge in [-0.25, -0.2) is 0 Å². The molecule has 1 aromatic carbocycles. The summed E-state index contributed by atoms with van der Waals surface area (Å²) in [6, 6.07) is 8.88. The monoisotopic (exact) mass is 234 g/mol. The number of hydrogen-bond acceptors (Lipinski definition) is 2. The van der Waals surface area contributed by atoms with E-state index in [1.165, 1.54) is 17.5 Å². The minimum Gasteiger partial charge on any atom is -0.316 e. The molecule has 17 heavy (non-hydrogen) atoms. The van der Waals surface area contributed by atoms with Gasteiger partial charge in [-0.3, -0.25) is 4.90 Å². The third-order valence-electron chi connectivity index (χ3n) is 3.72. The maximum atomic E-state index is 3.17. The largest absolute Gasteiger partial charge is 0.316 e. The Balaban J connectivity index is 2.63. The normalized spacial score (nSPS) is 12.1. The van der Waals surface area contributed by atoms with Gasteiger partial charge in [0.05, 0.1) is 0 Å². The minimum absolute atomic E-state index is 0.268. The van der Waals surface area contributed by atoms with Crippen LogP contribution in [0.1, 0.15) is 38.3 Å². The molecule has 0 radical (unpaired) electrons. The van der Waals surface area contributed by atoms with Gasteiger partial charge in [0.1, 0.15) is 0 Å². The van der Waals surface area contributed by atoms with Crippen molar-refractivity contribution in [3.63, 3.8) is 0 Å². The Morgan fingerprint density at radius 2 is 1.65 bits per heavy atom. The van der Waals surface area contributed by atoms with Crippen LogP contribution in [0.4, 0.5) is 0 Å². The molecule has 2 nitrogen and oxygen atoms in total. The van der Waals surface area contributed by atoms with Crippen molar-refractivity contribution < 1.29 is 0 Å². The van der Waals surface area contributed by atoms with E-state index in [4.69, 9.17) is 0 Å². The Labute approximate surface area is 106 Å². The van der Waals surface area contributed by atoms with Crippen molar-refractivity contribution in [1.82, 2.24) is 10.2 Å². The molecule has 1 N–H and O–H groups in total. The van der Waals surface area contributed by atoms with Crippen LogP contribution in [0.15, 0.2) is 24.3 Å². The van der Waals surface area contributed by atoms with Crippen LogP contribution in [0.5, 0.6) is 0 Å². The maximum absolute atomic E-state index is 3.17. The first-order valence-electron chi connectivity index (χ1n) is 6.43. The summed E-state index contributed by atoms with van der Waals surface area (Å²) in [7, 11) is 4.18. The Morgan fingerprint density at radius 3 is 2.12 bits per heavy atom. The molecule has 0 aromatic heterocycles. The lowest BCUT2D eigenvalue weighted by Crippen LogP contribution is -2.39. The van der Waals surface area contributed by atoms with Gasteiger partial charge < -0.3 is 5.32 Å². The summed E-state index contributed by atoms with van der Waals surface area (Å²) >= 11 is 0. The molecule has 2 heteroatoms. The number of nitrogens with zero attached hydrogens (tertiary/aromatic N) is 1. The summed E-state index contributed by atoms with van der Waals surface area (Å²) in [6.45, 7) is 8.79. The molecule has 0 aliphatic rings. The second-order valence-corrected chi connectivity index (χ2v) is 5.37. The molecule has 0 saturated heterocycles. The summed E-state index contributed by atoms with van der Waals surface area (Å²) in [5.41, 5.74) is 2.99. The number of rotatable bonds is 6. The fraction of sp³-hybridized carbons (Fsp3) is 0.600. The van der Waals surface area contributed by atoms with E-state index in [1.807, 2.05) is 7.05 Å². The molecule has 1 rings (SSSR count). The lowest BCUT2D eigenvalue weighted by molar-refractivity contribution is 0.143. The first kappa shape index (κ1) is 14.2. The average molecular weight is 234 g/mol. The van der Waals surface area contributed by atoms with E-state index in [1.54, 1.807) is 0 Å². The molecule has 0 unspecified atom stereocenters. The highest BCUT2D eigenvalue weighted by molar-refractivity contribution is 5.22. The van der Waals surface area contributed by atoms with E-state index >= 15 is 0 Å². The van der Waals surface area contributed by atoms with E-state index in [-0.39, 0.29) is 5.54 Å².